The molecule has 0 aliphatic heterocycles. The second kappa shape index (κ2) is 12.2. The van der Waals surface area contributed by atoms with Crippen molar-refractivity contribution in [2.75, 3.05) is 26.2 Å². The lowest BCUT2D eigenvalue weighted by Gasteiger charge is -2.13. The van der Waals surface area contributed by atoms with Crippen LogP contribution >= 0.6 is 0 Å². The fourth-order valence-electron chi connectivity index (χ4n) is 2.03. The number of aliphatic imine (C=N–C) groups is 1. The number of aryl methyl sites for hydroxylation is 1. The number of carbonyl (C=O) groups is 1. The van der Waals surface area contributed by atoms with Crippen LogP contribution in [-0.2, 0) is 4.79 Å². The van der Waals surface area contributed by atoms with Gasteiger partial charge < -0.3 is 20.7 Å². The van der Waals surface area contributed by atoms with Crippen LogP contribution in [0.15, 0.2) is 29.3 Å². The van der Waals surface area contributed by atoms with Crippen LogP contribution in [0.1, 0.15) is 39.2 Å². The molecular formula is C19H32N4O2. The second-order valence-electron chi connectivity index (χ2n) is 5.98. The Morgan fingerprint density at radius 3 is 2.56 bits per heavy atom. The van der Waals surface area contributed by atoms with Crippen LogP contribution < -0.4 is 20.7 Å². The van der Waals surface area contributed by atoms with E-state index >= 15 is 0 Å². The van der Waals surface area contributed by atoms with Gasteiger partial charge in [0, 0.05) is 19.0 Å². The number of hydrogen-bond acceptors (Lipinski definition) is 3. The Morgan fingerprint density at radius 1 is 1.20 bits per heavy atom. The summed E-state index contributed by atoms with van der Waals surface area (Å²) in [6, 6.07) is 8.19. The van der Waals surface area contributed by atoms with Crippen molar-refractivity contribution in [3.63, 3.8) is 0 Å². The number of carbonyl (C=O) groups excluding carboxylic acids is 1. The van der Waals surface area contributed by atoms with Crippen LogP contribution in [0.4, 0.5) is 0 Å². The highest BCUT2D eigenvalue weighted by molar-refractivity contribution is 5.80. The third kappa shape index (κ3) is 9.59. The lowest BCUT2D eigenvalue weighted by molar-refractivity contribution is -0.121. The lowest BCUT2D eigenvalue weighted by atomic mass is 10.2. The van der Waals surface area contributed by atoms with Crippen LogP contribution in [0.2, 0.25) is 0 Å². The van der Waals surface area contributed by atoms with Gasteiger partial charge in [-0.05, 0) is 39.3 Å². The number of guanidine groups is 1. The summed E-state index contributed by atoms with van der Waals surface area (Å²) in [6.45, 7) is 10.5. The fourth-order valence-corrected chi connectivity index (χ4v) is 2.03. The molecule has 0 saturated heterocycles. The van der Waals surface area contributed by atoms with Crippen LogP contribution in [0.25, 0.3) is 0 Å². The van der Waals surface area contributed by atoms with E-state index in [0.717, 1.165) is 18.7 Å². The number of amides is 1. The van der Waals surface area contributed by atoms with Crippen molar-refractivity contribution < 1.29 is 9.53 Å². The van der Waals surface area contributed by atoms with Gasteiger partial charge in [0.25, 0.3) is 0 Å². The quantitative estimate of drug-likeness (QED) is 0.344. The zero-order valence-electron chi connectivity index (χ0n) is 15.9. The Hall–Kier alpha value is -2.24. The molecule has 0 aliphatic carbocycles. The zero-order chi connectivity index (χ0) is 18.5. The lowest BCUT2D eigenvalue weighted by Crippen LogP contribution is -2.39. The minimum absolute atomic E-state index is 0.0386. The summed E-state index contributed by atoms with van der Waals surface area (Å²) in [7, 11) is 0. The van der Waals surface area contributed by atoms with E-state index in [9.17, 15) is 4.79 Å². The molecule has 1 atom stereocenters. The molecule has 0 bridgehead atoms. The molecule has 6 nitrogen and oxygen atoms in total. The maximum Gasteiger partial charge on any atom is 0.222 e. The van der Waals surface area contributed by atoms with Gasteiger partial charge in [0.15, 0.2) is 5.96 Å². The number of rotatable bonds is 10. The van der Waals surface area contributed by atoms with Gasteiger partial charge in [-0.15, -0.1) is 0 Å². The molecule has 0 aromatic heterocycles. The van der Waals surface area contributed by atoms with E-state index < -0.39 is 0 Å². The van der Waals surface area contributed by atoms with Crippen molar-refractivity contribution in [2.24, 2.45) is 4.99 Å². The SMILES string of the molecule is CCNC(=NCCC(=O)NC(C)CC)NCCOc1ccc(C)cc1. The maximum absolute atomic E-state index is 11.8. The van der Waals surface area contributed by atoms with Crippen LogP contribution in [0.5, 0.6) is 5.75 Å². The largest absolute Gasteiger partial charge is 0.492 e. The van der Waals surface area contributed by atoms with Gasteiger partial charge in [0.05, 0.1) is 13.1 Å². The van der Waals surface area contributed by atoms with E-state index in [1.165, 1.54) is 5.56 Å². The topological polar surface area (TPSA) is 74.8 Å². The van der Waals surface area contributed by atoms with Crippen molar-refractivity contribution in [1.29, 1.82) is 0 Å². The Labute approximate surface area is 151 Å². The highest BCUT2D eigenvalue weighted by atomic mass is 16.5. The Morgan fingerprint density at radius 2 is 1.92 bits per heavy atom. The molecule has 0 radical (unpaired) electrons. The summed E-state index contributed by atoms with van der Waals surface area (Å²) in [6.07, 6.45) is 1.32. The molecule has 0 aliphatic rings. The van der Waals surface area contributed by atoms with Gasteiger partial charge >= 0.3 is 0 Å². The summed E-state index contributed by atoms with van der Waals surface area (Å²) in [5.74, 6) is 1.60. The number of hydrogen-bond donors (Lipinski definition) is 3. The number of nitrogens with one attached hydrogen (secondary N) is 3. The number of benzene rings is 1. The van der Waals surface area contributed by atoms with E-state index in [-0.39, 0.29) is 11.9 Å². The zero-order valence-corrected chi connectivity index (χ0v) is 15.9. The van der Waals surface area contributed by atoms with Gasteiger partial charge in [-0.2, -0.15) is 0 Å². The molecule has 1 rings (SSSR count). The summed E-state index contributed by atoms with van der Waals surface area (Å²) in [5.41, 5.74) is 1.21. The van der Waals surface area contributed by atoms with E-state index in [1.54, 1.807) is 0 Å². The maximum atomic E-state index is 11.8. The normalized spacial score (nSPS) is 12.4. The third-order valence-electron chi connectivity index (χ3n) is 3.66. The van der Waals surface area contributed by atoms with E-state index in [4.69, 9.17) is 4.74 Å². The van der Waals surface area contributed by atoms with Crippen molar-refractivity contribution in [2.45, 2.75) is 46.6 Å². The molecule has 0 fully saturated rings. The van der Waals surface area contributed by atoms with Crippen molar-refractivity contribution >= 4 is 11.9 Å². The van der Waals surface area contributed by atoms with Crippen LogP contribution in [0, 0.1) is 6.92 Å². The number of nitrogens with zero attached hydrogens (tertiary/aromatic N) is 1. The first kappa shape index (κ1) is 20.8. The first-order valence-corrected chi connectivity index (χ1v) is 9.06. The molecule has 1 unspecified atom stereocenters. The van der Waals surface area contributed by atoms with Crippen LogP contribution in [0.3, 0.4) is 0 Å². The average molecular weight is 348 g/mol. The molecular weight excluding hydrogens is 316 g/mol. The van der Waals surface area contributed by atoms with Crippen LogP contribution in [-0.4, -0.2) is 44.1 Å². The molecule has 140 valence electrons. The first-order valence-electron chi connectivity index (χ1n) is 9.06. The first-order chi connectivity index (χ1) is 12.0. The Bertz CT molecular complexity index is 529. The molecule has 0 saturated carbocycles. The highest BCUT2D eigenvalue weighted by Crippen LogP contribution is 2.10. The van der Waals surface area contributed by atoms with E-state index in [0.29, 0.717) is 32.1 Å². The van der Waals surface area contributed by atoms with Gasteiger partial charge in [0.2, 0.25) is 5.91 Å². The monoisotopic (exact) mass is 348 g/mol. The van der Waals surface area contributed by atoms with E-state index in [2.05, 4.69) is 27.9 Å². The minimum Gasteiger partial charge on any atom is -0.492 e. The Balaban J connectivity index is 2.30. The van der Waals surface area contributed by atoms with Gasteiger partial charge in [-0.25, -0.2) is 0 Å². The molecule has 1 aromatic carbocycles. The number of ether oxygens (including phenoxy) is 1. The fraction of sp³-hybridized carbons (Fsp3) is 0.579. The Kier molecular flexibility index (Phi) is 10.1. The molecule has 3 N–H and O–H groups in total. The second-order valence-corrected chi connectivity index (χ2v) is 5.98. The smallest absolute Gasteiger partial charge is 0.222 e. The van der Waals surface area contributed by atoms with Gasteiger partial charge in [-0.1, -0.05) is 24.6 Å². The van der Waals surface area contributed by atoms with Gasteiger partial charge in [0.1, 0.15) is 12.4 Å². The molecule has 6 heteroatoms. The highest BCUT2D eigenvalue weighted by Gasteiger charge is 2.05. The minimum atomic E-state index is 0.0386. The summed E-state index contributed by atoms with van der Waals surface area (Å²) in [4.78, 5) is 16.2. The predicted molar refractivity (Wildman–Crippen MR) is 103 cm³/mol. The van der Waals surface area contributed by atoms with Gasteiger partial charge in [-0.3, -0.25) is 9.79 Å². The molecule has 1 aromatic rings. The average Bonchev–Trinajstić information content (AvgIpc) is 2.60. The molecule has 1 amide bonds. The summed E-state index contributed by atoms with van der Waals surface area (Å²) in [5, 5.41) is 9.32. The van der Waals surface area contributed by atoms with Crippen molar-refractivity contribution in [3.05, 3.63) is 29.8 Å². The van der Waals surface area contributed by atoms with E-state index in [1.807, 2.05) is 45.0 Å². The molecule has 25 heavy (non-hydrogen) atoms. The summed E-state index contributed by atoms with van der Waals surface area (Å²) < 4.78 is 5.68. The molecule has 0 spiro atoms. The summed E-state index contributed by atoms with van der Waals surface area (Å²) >= 11 is 0. The third-order valence-corrected chi connectivity index (χ3v) is 3.66. The predicted octanol–water partition coefficient (Wildman–Crippen LogP) is 2.23. The molecule has 0 heterocycles. The standard InChI is InChI=1S/C19H32N4O2/c1-5-16(4)23-18(24)11-12-21-19(20-6-2)22-13-14-25-17-9-7-15(3)8-10-17/h7-10,16H,5-6,11-14H2,1-4H3,(H,23,24)(H2,20,21,22). The van der Waals surface area contributed by atoms with Crippen molar-refractivity contribution in [3.8, 4) is 5.75 Å². The van der Waals surface area contributed by atoms with Crippen molar-refractivity contribution in [1.82, 2.24) is 16.0 Å².